The van der Waals surface area contributed by atoms with Crippen LogP contribution in [0.25, 0.3) is 0 Å². The van der Waals surface area contributed by atoms with E-state index in [9.17, 15) is 22.4 Å². The Morgan fingerprint density at radius 3 is 2.29 bits per heavy atom. The number of nitrogens with zero attached hydrogens (tertiary/aromatic N) is 1. The molecule has 0 atom stereocenters. The van der Waals surface area contributed by atoms with Gasteiger partial charge in [-0.3, -0.25) is 9.69 Å². The standard InChI is InChI=1S/C13H15F4N3O/c14-8-7-9(15)12(17)10(11(8)16)13(21)19-3-6-20-4-1-18-2-5-20/h7,18H,1-6H2,(H,19,21). The van der Waals surface area contributed by atoms with Crippen LogP contribution in [0, 0.1) is 23.3 Å². The molecule has 1 heterocycles. The molecule has 8 heteroatoms. The molecule has 21 heavy (non-hydrogen) atoms. The quantitative estimate of drug-likeness (QED) is 0.641. The molecule has 1 aliphatic rings. The zero-order valence-corrected chi connectivity index (χ0v) is 11.2. The van der Waals surface area contributed by atoms with Gasteiger partial charge in [0.05, 0.1) is 0 Å². The fourth-order valence-electron chi connectivity index (χ4n) is 2.12. The molecule has 1 fully saturated rings. The minimum absolute atomic E-state index is 0.0716. The van der Waals surface area contributed by atoms with Crippen LogP contribution in [0.15, 0.2) is 6.07 Å². The third kappa shape index (κ3) is 3.70. The van der Waals surface area contributed by atoms with Gasteiger partial charge in [-0.15, -0.1) is 0 Å². The molecule has 4 nitrogen and oxygen atoms in total. The van der Waals surface area contributed by atoms with Gasteiger partial charge in [0.15, 0.2) is 23.3 Å². The van der Waals surface area contributed by atoms with Crippen molar-refractivity contribution in [2.75, 3.05) is 39.3 Å². The van der Waals surface area contributed by atoms with Crippen molar-refractivity contribution in [2.24, 2.45) is 0 Å². The average Bonchev–Trinajstić information content (AvgIpc) is 2.46. The monoisotopic (exact) mass is 305 g/mol. The summed E-state index contributed by atoms with van der Waals surface area (Å²) in [6.45, 7) is 3.88. The van der Waals surface area contributed by atoms with Gasteiger partial charge in [-0.05, 0) is 0 Å². The average molecular weight is 305 g/mol. The maximum absolute atomic E-state index is 13.4. The van der Waals surface area contributed by atoms with E-state index in [-0.39, 0.29) is 12.6 Å². The maximum Gasteiger partial charge on any atom is 0.257 e. The number of benzene rings is 1. The predicted molar refractivity (Wildman–Crippen MR) is 67.9 cm³/mol. The van der Waals surface area contributed by atoms with Gasteiger partial charge < -0.3 is 10.6 Å². The van der Waals surface area contributed by atoms with Crippen LogP contribution >= 0.6 is 0 Å². The van der Waals surface area contributed by atoms with Crippen molar-refractivity contribution < 1.29 is 22.4 Å². The summed E-state index contributed by atoms with van der Waals surface area (Å²) in [7, 11) is 0. The molecule has 1 aromatic rings. The number of halogens is 4. The maximum atomic E-state index is 13.4. The molecule has 1 aromatic carbocycles. The summed E-state index contributed by atoms with van der Waals surface area (Å²) >= 11 is 0. The van der Waals surface area contributed by atoms with Gasteiger partial charge in [-0.2, -0.15) is 0 Å². The molecule has 0 spiro atoms. The summed E-state index contributed by atoms with van der Waals surface area (Å²) in [5, 5.41) is 5.42. The third-order valence-electron chi connectivity index (χ3n) is 3.26. The van der Waals surface area contributed by atoms with Gasteiger partial charge in [0.2, 0.25) is 0 Å². The van der Waals surface area contributed by atoms with E-state index in [0.29, 0.717) is 6.54 Å². The van der Waals surface area contributed by atoms with Crippen LogP contribution < -0.4 is 10.6 Å². The summed E-state index contributed by atoms with van der Waals surface area (Å²) in [5.41, 5.74) is -1.23. The van der Waals surface area contributed by atoms with Gasteiger partial charge in [0, 0.05) is 45.3 Å². The Hall–Kier alpha value is -1.67. The highest BCUT2D eigenvalue weighted by molar-refractivity contribution is 5.94. The first kappa shape index (κ1) is 15.7. The topological polar surface area (TPSA) is 44.4 Å². The van der Waals surface area contributed by atoms with Gasteiger partial charge in [0.1, 0.15) is 5.56 Å². The summed E-state index contributed by atoms with van der Waals surface area (Å²) in [6.07, 6.45) is 0. The predicted octanol–water partition coefficient (Wildman–Crippen LogP) is 0.878. The van der Waals surface area contributed by atoms with E-state index in [1.54, 1.807) is 0 Å². The molecule has 0 radical (unpaired) electrons. The van der Waals surface area contributed by atoms with Gasteiger partial charge >= 0.3 is 0 Å². The molecule has 0 aliphatic carbocycles. The van der Waals surface area contributed by atoms with E-state index in [1.165, 1.54) is 0 Å². The first-order valence-corrected chi connectivity index (χ1v) is 6.55. The fourth-order valence-corrected chi connectivity index (χ4v) is 2.12. The molecule has 0 unspecified atom stereocenters. The van der Waals surface area contributed by atoms with Crippen molar-refractivity contribution in [1.82, 2.24) is 15.5 Å². The number of carbonyl (C=O) groups is 1. The number of rotatable bonds is 4. The molecule has 1 amide bonds. The van der Waals surface area contributed by atoms with Crippen LogP contribution in [0.2, 0.25) is 0 Å². The summed E-state index contributed by atoms with van der Waals surface area (Å²) in [5.74, 6) is -7.73. The SMILES string of the molecule is O=C(NCCN1CCNCC1)c1c(F)c(F)cc(F)c1F. The molecular weight excluding hydrogens is 290 g/mol. The Labute approximate surface area is 119 Å². The van der Waals surface area contributed by atoms with E-state index < -0.39 is 34.7 Å². The highest BCUT2D eigenvalue weighted by atomic mass is 19.2. The minimum atomic E-state index is -1.69. The highest BCUT2D eigenvalue weighted by Gasteiger charge is 2.24. The minimum Gasteiger partial charge on any atom is -0.351 e. The van der Waals surface area contributed by atoms with Crippen LogP contribution in [-0.4, -0.2) is 50.1 Å². The van der Waals surface area contributed by atoms with Crippen LogP contribution in [-0.2, 0) is 0 Å². The largest absolute Gasteiger partial charge is 0.351 e. The van der Waals surface area contributed by atoms with Crippen molar-refractivity contribution in [1.29, 1.82) is 0 Å². The first-order valence-electron chi connectivity index (χ1n) is 6.55. The number of hydrogen-bond donors (Lipinski definition) is 2. The lowest BCUT2D eigenvalue weighted by Gasteiger charge is -2.27. The molecule has 0 aromatic heterocycles. The molecule has 1 aliphatic heterocycles. The molecule has 116 valence electrons. The second kappa shape index (κ2) is 6.86. The van der Waals surface area contributed by atoms with Crippen molar-refractivity contribution in [3.63, 3.8) is 0 Å². The normalized spacial score (nSPS) is 16.0. The van der Waals surface area contributed by atoms with Gasteiger partial charge in [-0.25, -0.2) is 17.6 Å². The summed E-state index contributed by atoms with van der Waals surface area (Å²) in [6, 6.07) is 0.0716. The molecular formula is C13H15F4N3O. The third-order valence-corrected chi connectivity index (χ3v) is 3.26. The van der Waals surface area contributed by atoms with Gasteiger partial charge in [0.25, 0.3) is 5.91 Å². The lowest BCUT2D eigenvalue weighted by molar-refractivity contribution is 0.0936. The Balaban J connectivity index is 1.97. The smallest absolute Gasteiger partial charge is 0.257 e. The van der Waals surface area contributed by atoms with Crippen LogP contribution in [0.5, 0.6) is 0 Å². The first-order chi connectivity index (χ1) is 10.0. The van der Waals surface area contributed by atoms with E-state index in [0.717, 1.165) is 26.2 Å². The lowest BCUT2D eigenvalue weighted by Crippen LogP contribution is -2.46. The molecule has 2 N–H and O–H groups in total. The molecule has 0 bridgehead atoms. The van der Waals surface area contributed by atoms with Crippen molar-refractivity contribution in [3.8, 4) is 0 Å². The molecule has 0 saturated carbocycles. The van der Waals surface area contributed by atoms with Crippen molar-refractivity contribution in [2.45, 2.75) is 0 Å². The van der Waals surface area contributed by atoms with E-state index in [4.69, 9.17) is 0 Å². The second-order valence-electron chi connectivity index (χ2n) is 4.69. The Morgan fingerprint density at radius 1 is 1.14 bits per heavy atom. The lowest BCUT2D eigenvalue weighted by atomic mass is 10.1. The Morgan fingerprint density at radius 2 is 1.71 bits per heavy atom. The van der Waals surface area contributed by atoms with Gasteiger partial charge in [-0.1, -0.05) is 0 Å². The number of carbonyl (C=O) groups excluding carboxylic acids is 1. The zero-order chi connectivity index (χ0) is 15.4. The van der Waals surface area contributed by atoms with Crippen LogP contribution in [0.1, 0.15) is 10.4 Å². The van der Waals surface area contributed by atoms with Crippen molar-refractivity contribution in [3.05, 3.63) is 34.9 Å². The highest BCUT2D eigenvalue weighted by Crippen LogP contribution is 2.19. The van der Waals surface area contributed by atoms with Crippen LogP contribution in [0.3, 0.4) is 0 Å². The summed E-state index contributed by atoms with van der Waals surface area (Å²) < 4.78 is 52.9. The number of nitrogens with one attached hydrogen (secondary N) is 2. The zero-order valence-electron chi connectivity index (χ0n) is 11.2. The molecule has 2 rings (SSSR count). The Kier molecular flexibility index (Phi) is 5.13. The van der Waals surface area contributed by atoms with E-state index >= 15 is 0 Å². The second-order valence-corrected chi connectivity index (χ2v) is 4.69. The Bertz CT molecular complexity index is 506. The number of hydrogen-bond acceptors (Lipinski definition) is 3. The summed E-state index contributed by atoms with van der Waals surface area (Å²) in [4.78, 5) is 13.7. The number of amides is 1. The fraction of sp³-hybridized carbons (Fsp3) is 0.462. The van der Waals surface area contributed by atoms with Crippen molar-refractivity contribution >= 4 is 5.91 Å². The van der Waals surface area contributed by atoms with E-state index in [1.807, 2.05) is 0 Å². The number of piperazine rings is 1. The van der Waals surface area contributed by atoms with Crippen LogP contribution in [0.4, 0.5) is 17.6 Å². The molecule has 1 saturated heterocycles. The van der Waals surface area contributed by atoms with E-state index in [2.05, 4.69) is 15.5 Å².